The highest BCUT2D eigenvalue weighted by atomic mass is 16.3. The molecule has 1 aromatic carbocycles. The van der Waals surface area contributed by atoms with E-state index in [0.29, 0.717) is 5.69 Å². The molecule has 0 atom stereocenters. The number of anilines is 1. The number of nitrogens with one attached hydrogen (secondary N) is 1. The van der Waals surface area contributed by atoms with E-state index in [2.05, 4.69) is 15.3 Å². The van der Waals surface area contributed by atoms with Gasteiger partial charge in [-0.15, -0.1) is 0 Å². The highest BCUT2D eigenvalue weighted by Gasteiger charge is 2.10. The second-order valence-electron chi connectivity index (χ2n) is 4.24. The van der Waals surface area contributed by atoms with Crippen LogP contribution in [0.3, 0.4) is 0 Å². The molecule has 0 aliphatic heterocycles. The van der Waals surface area contributed by atoms with Gasteiger partial charge in [-0.25, -0.2) is 4.98 Å². The van der Waals surface area contributed by atoms with Crippen LogP contribution in [0, 0.1) is 0 Å². The molecule has 0 saturated heterocycles. The zero-order chi connectivity index (χ0) is 13.9. The second kappa shape index (κ2) is 4.97. The van der Waals surface area contributed by atoms with Crippen LogP contribution in [0.5, 0.6) is 5.75 Å². The van der Waals surface area contributed by atoms with Gasteiger partial charge in [-0.05, 0) is 24.3 Å². The number of aromatic hydroxyl groups is 1. The van der Waals surface area contributed by atoms with E-state index in [-0.39, 0.29) is 17.4 Å². The number of para-hydroxylation sites is 1. The first-order valence-electron chi connectivity index (χ1n) is 6.04. The van der Waals surface area contributed by atoms with E-state index in [0.717, 1.165) is 10.9 Å². The lowest BCUT2D eigenvalue weighted by atomic mass is 10.2. The molecule has 2 heterocycles. The van der Waals surface area contributed by atoms with Crippen molar-refractivity contribution in [2.75, 3.05) is 5.32 Å². The van der Waals surface area contributed by atoms with Gasteiger partial charge in [0.15, 0.2) is 0 Å². The summed E-state index contributed by atoms with van der Waals surface area (Å²) >= 11 is 0. The number of carbonyl (C=O) groups excluding carboxylic acids is 1. The average molecular weight is 265 g/mol. The molecule has 5 heteroatoms. The lowest BCUT2D eigenvalue weighted by molar-refractivity contribution is 0.102. The van der Waals surface area contributed by atoms with Crippen molar-refractivity contribution in [2.24, 2.45) is 0 Å². The molecule has 20 heavy (non-hydrogen) atoms. The molecule has 0 unspecified atom stereocenters. The van der Waals surface area contributed by atoms with Crippen LogP contribution >= 0.6 is 0 Å². The highest BCUT2D eigenvalue weighted by molar-refractivity contribution is 6.07. The van der Waals surface area contributed by atoms with Gasteiger partial charge in [-0.1, -0.05) is 18.2 Å². The number of nitrogens with zero attached hydrogens (tertiary/aromatic N) is 2. The van der Waals surface area contributed by atoms with Crippen molar-refractivity contribution in [1.82, 2.24) is 9.97 Å². The largest absolute Gasteiger partial charge is 0.506 e. The first-order valence-corrected chi connectivity index (χ1v) is 6.04. The normalized spacial score (nSPS) is 10.4. The Hall–Kier alpha value is -2.95. The van der Waals surface area contributed by atoms with Crippen molar-refractivity contribution < 1.29 is 9.90 Å². The number of hydrogen-bond donors (Lipinski definition) is 2. The summed E-state index contributed by atoms with van der Waals surface area (Å²) in [6.45, 7) is 0. The van der Waals surface area contributed by atoms with E-state index in [1.54, 1.807) is 12.3 Å². The quantitative estimate of drug-likeness (QED) is 0.746. The molecule has 0 aliphatic rings. The number of amides is 1. The fourth-order valence-corrected chi connectivity index (χ4v) is 1.91. The van der Waals surface area contributed by atoms with Crippen LogP contribution in [0.25, 0.3) is 10.9 Å². The highest BCUT2D eigenvalue weighted by Crippen LogP contribution is 2.21. The Morgan fingerprint density at radius 3 is 2.70 bits per heavy atom. The molecular formula is C15H11N3O2. The lowest BCUT2D eigenvalue weighted by Crippen LogP contribution is -2.13. The summed E-state index contributed by atoms with van der Waals surface area (Å²) in [6, 6.07) is 12.2. The molecule has 1 amide bonds. The van der Waals surface area contributed by atoms with E-state index < -0.39 is 0 Å². The molecule has 2 aromatic heterocycles. The Labute approximate surface area is 114 Å². The van der Waals surface area contributed by atoms with Gasteiger partial charge in [-0.2, -0.15) is 0 Å². The summed E-state index contributed by atoms with van der Waals surface area (Å²) in [5, 5.41) is 12.9. The van der Waals surface area contributed by atoms with Crippen LogP contribution in [0.15, 0.2) is 54.9 Å². The molecule has 0 aliphatic carbocycles. The van der Waals surface area contributed by atoms with E-state index in [1.807, 2.05) is 24.3 Å². The molecule has 3 rings (SSSR count). The topological polar surface area (TPSA) is 75.1 Å². The van der Waals surface area contributed by atoms with Crippen molar-refractivity contribution in [2.45, 2.75) is 0 Å². The first-order chi connectivity index (χ1) is 9.74. The third kappa shape index (κ3) is 2.29. The Morgan fingerprint density at radius 2 is 1.90 bits per heavy atom. The van der Waals surface area contributed by atoms with Gasteiger partial charge in [-0.3, -0.25) is 9.78 Å². The molecular weight excluding hydrogens is 254 g/mol. The lowest BCUT2D eigenvalue weighted by Gasteiger charge is -2.07. The van der Waals surface area contributed by atoms with Crippen LogP contribution in [0.4, 0.5) is 5.69 Å². The molecule has 98 valence electrons. The second-order valence-corrected chi connectivity index (χ2v) is 4.24. The molecule has 5 nitrogen and oxygen atoms in total. The maximum Gasteiger partial charge on any atom is 0.274 e. The van der Waals surface area contributed by atoms with Crippen LogP contribution in [-0.2, 0) is 0 Å². The summed E-state index contributed by atoms with van der Waals surface area (Å²) in [4.78, 5) is 20.2. The Bertz CT molecular complexity index is 764. The third-order valence-corrected chi connectivity index (χ3v) is 2.86. The monoisotopic (exact) mass is 265 g/mol. The minimum Gasteiger partial charge on any atom is -0.506 e. The number of hydrogen-bond acceptors (Lipinski definition) is 4. The molecule has 0 spiro atoms. The van der Waals surface area contributed by atoms with E-state index in [9.17, 15) is 4.79 Å². The van der Waals surface area contributed by atoms with Gasteiger partial charge in [0, 0.05) is 11.6 Å². The average Bonchev–Trinajstić information content (AvgIpc) is 2.48. The van der Waals surface area contributed by atoms with Crippen molar-refractivity contribution in [3.63, 3.8) is 0 Å². The smallest absolute Gasteiger partial charge is 0.274 e. The summed E-state index contributed by atoms with van der Waals surface area (Å²) in [5.74, 6) is -0.323. The van der Waals surface area contributed by atoms with Gasteiger partial charge >= 0.3 is 0 Å². The van der Waals surface area contributed by atoms with Gasteiger partial charge in [0.1, 0.15) is 11.4 Å². The number of rotatable bonds is 2. The predicted molar refractivity (Wildman–Crippen MR) is 75.6 cm³/mol. The third-order valence-electron chi connectivity index (χ3n) is 2.86. The Kier molecular flexibility index (Phi) is 3.01. The summed E-state index contributed by atoms with van der Waals surface area (Å²) in [7, 11) is 0. The van der Waals surface area contributed by atoms with Gasteiger partial charge in [0.05, 0.1) is 17.4 Å². The number of pyridine rings is 2. The molecule has 0 bridgehead atoms. The first kappa shape index (κ1) is 12.1. The van der Waals surface area contributed by atoms with Gasteiger partial charge < -0.3 is 10.4 Å². The van der Waals surface area contributed by atoms with Crippen LogP contribution in [0.2, 0.25) is 0 Å². The zero-order valence-corrected chi connectivity index (χ0v) is 10.4. The van der Waals surface area contributed by atoms with Crippen LogP contribution in [0.1, 0.15) is 10.5 Å². The van der Waals surface area contributed by atoms with Crippen molar-refractivity contribution in [1.29, 1.82) is 0 Å². The minimum absolute atomic E-state index is 0.0216. The maximum absolute atomic E-state index is 12.1. The fraction of sp³-hybridized carbons (Fsp3) is 0. The number of aromatic nitrogens is 2. The van der Waals surface area contributed by atoms with Crippen LogP contribution in [-0.4, -0.2) is 21.0 Å². The van der Waals surface area contributed by atoms with Gasteiger partial charge in [0.25, 0.3) is 5.91 Å². The van der Waals surface area contributed by atoms with E-state index in [1.165, 1.54) is 18.3 Å². The Morgan fingerprint density at radius 1 is 1.05 bits per heavy atom. The summed E-state index contributed by atoms with van der Waals surface area (Å²) < 4.78 is 0. The number of fused-ring (bicyclic) bond motifs is 1. The van der Waals surface area contributed by atoms with Crippen molar-refractivity contribution in [3.05, 3.63) is 60.6 Å². The molecule has 0 saturated carbocycles. The molecule has 0 fully saturated rings. The maximum atomic E-state index is 12.1. The summed E-state index contributed by atoms with van der Waals surface area (Å²) in [5.41, 5.74) is 1.58. The van der Waals surface area contributed by atoms with E-state index >= 15 is 0 Å². The molecule has 0 radical (unpaired) electrons. The SMILES string of the molecule is O=C(Nc1cccc2cccnc12)c1ccc(O)cn1. The molecule has 2 N–H and O–H groups in total. The number of benzene rings is 1. The molecule has 3 aromatic rings. The number of carbonyl (C=O) groups is 1. The van der Waals surface area contributed by atoms with Gasteiger partial charge in [0.2, 0.25) is 0 Å². The van der Waals surface area contributed by atoms with Crippen LogP contribution < -0.4 is 5.32 Å². The van der Waals surface area contributed by atoms with Crippen molar-refractivity contribution in [3.8, 4) is 5.75 Å². The predicted octanol–water partition coefficient (Wildman–Crippen LogP) is 2.59. The standard InChI is InChI=1S/C15H11N3O2/c19-11-6-7-13(17-9-11)15(20)18-12-5-1-3-10-4-2-8-16-14(10)12/h1-9,19H,(H,18,20). The minimum atomic E-state index is -0.344. The van der Waals surface area contributed by atoms with E-state index in [4.69, 9.17) is 5.11 Å². The van der Waals surface area contributed by atoms with Crippen molar-refractivity contribution >= 4 is 22.5 Å². The summed E-state index contributed by atoms with van der Waals surface area (Å²) in [6.07, 6.45) is 2.91. The Balaban J connectivity index is 1.93. The fourth-order valence-electron chi connectivity index (χ4n) is 1.91. The zero-order valence-electron chi connectivity index (χ0n) is 10.4.